The van der Waals surface area contributed by atoms with Crippen LogP contribution in [0.5, 0.6) is 0 Å². The van der Waals surface area contributed by atoms with Gasteiger partial charge in [-0.3, -0.25) is 5.73 Å². The zero-order chi connectivity index (χ0) is 9.78. The minimum absolute atomic E-state index is 0.159. The Morgan fingerprint density at radius 2 is 2.17 bits per heavy atom. The van der Waals surface area contributed by atoms with E-state index in [4.69, 9.17) is 5.11 Å². The second kappa shape index (κ2) is 4.56. The Morgan fingerprint density at radius 1 is 1.67 bits per heavy atom. The monoisotopic (exact) mass is 203 g/mol. The molecule has 0 spiro atoms. The first-order valence-corrected chi connectivity index (χ1v) is 4.02. The molecule has 0 aromatic rings. The first kappa shape index (κ1) is 11.6. The van der Waals surface area contributed by atoms with Crippen molar-refractivity contribution >= 4 is 17.7 Å². The summed E-state index contributed by atoms with van der Waals surface area (Å²) < 4.78 is 35.5. The fraction of sp³-hybridized carbons (Fsp3) is 0.800. The van der Waals surface area contributed by atoms with Crippen molar-refractivity contribution in [3.63, 3.8) is 0 Å². The first-order chi connectivity index (χ1) is 5.36. The normalized spacial score (nSPS) is 16.1. The number of carboxylic acids is 1. The minimum Gasteiger partial charge on any atom is -0.478 e. The van der Waals surface area contributed by atoms with Gasteiger partial charge in [0.1, 0.15) is 0 Å². The van der Waals surface area contributed by atoms with Crippen LogP contribution in [-0.4, -0.2) is 28.4 Å². The van der Waals surface area contributed by atoms with Crippen molar-refractivity contribution in [2.45, 2.75) is 18.0 Å². The lowest BCUT2D eigenvalue weighted by atomic mass is 10.2. The molecule has 12 heavy (non-hydrogen) atoms. The number of thioether (sulfide) groups is 1. The number of rotatable bonds is 5. The summed E-state index contributed by atoms with van der Waals surface area (Å²) in [6.07, 6.45) is -0.628. The van der Waals surface area contributed by atoms with Crippen LogP contribution in [0.3, 0.4) is 0 Å². The van der Waals surface area contributed by atoms with E-state index in [9.17, 15) is 18.0 Å². The Bertz CT molecular complexity index is 165. The van der Waals surface area contributed by atoms with Crippen molar-refractivity contribution in [3.8, 4) is 0 Å². The average Bonchev–Trinajstić information content (AvgIpc) is 1.85. The van der Waals surface area contributed by atoms with E-state index < -0.39 is 23.9 Å². The zero-order valence-corrected chi connectivity index (χ0v) is 6.78. The lowest BCUT2D eigenvalue weighted by Gasteiger charge is -2.13. The second-order valence-corrected chi connectivity index (χ2v) is 3.15. The molecule has 0 radical (unpaired) electrons. The summed E-state index contributed by atoms with van der Waals surface area (Å²) >= 11 is 0.159. The van der Waals surface area contributed by atoms with E-state index in [0.29, 0.717) is 0 Å². The van der Waals surface area contributed by atoms with E-state index in [0.717, 1.165) is 0 Å². The highest BCUT2D eigenvalue weighted by molar-refractivity contribution is 7.99. The van der Waals surface area contributed by atoms with Gasteiger partial charge in [-0.2, -0.15) is 8.78 Å². The maximum Gasteiger partial charge on any atom is 0.356 e. The van der Waals surface area contributed by atoms with Gasteiger partial charge in [-0.25, -0.2) is 9.18 Å². The smallest absolute Gasteiger partial charge is 0.356 e. The molecule has 0 saturated heterocycles. The Hall–Kier alpha value is -0.430. The maximum absolute atomic E-state index is 12.6. The molecule has 0 aliphatic heterocycles. The van der Waals surface area contributed by atoms with Gasteiger partial charge in [0.25, 0.3) is 11.6 Å². The Balaban J connectivity index is 3.69. The van der Waals surface area contributed by atoms with Gasteiger partial charge < -0.3 is 5.11 Å². The lowest BCUT2D eigenvalue weighted by Crippen LogP contribution is -2.43. The molecule has 3 nitrogen and oxygen atoms in total. The quantitative estimate of drug-likeness (QED) is 0.655. The summed E-state index contributed by atoms with van der Waals surface area (Å²) in [5, 5.41) is 8.11. The highest BCUT2D eigenvalue weighted by atomic mass is 32.2. The summed E-state index contributed by atoms with van der Waals surface area (Å²) in [6.45, 7) is 0. The Kier molecular flexibility index (Phi) is 4.40. The van der Waals surface area contributed by atoms with Crippen LogP contribution in [0.4, 0.5) is 13.2 Å². The van der Waals surface area contributed by atoms with E-state index in [1.807, 2.05) is 0 Å². The second-order valence-electron chi connectivity index (χ2n) is 2.05. The highest BCUT2D eigenvalue weighted by Crippen LogP contribution is 2.19. The number of carbonyl (C=O) groups is 1. The molecule has 1 atom stereocenters. The molecule has 0 bridgehead atoms. The maximum atomic E-state index is 12.6. The van der Waals surface area contributed by atoms with Crippen molar-refractivity contribution in [1.29, 1.82) is 0 Å². The molecule has 0 aromatic carbocycles. The molecule has 0 aliphatic rings. The van der Waals surface area contributed by atoms with E-state index in [-0.39, 0.29) is 17.5 Å². The molecule has 0 saturated carbocycles. The van der Waals surface area contributed by atoms with Gasteiger partial charge in [0, 0.05) is 12.2 Å². The van der Waals surface area contributed by atoms with Gasteiger partial charge in [-0.05, 0) is 0 Å². The first-order valence-electron chi connectivity index (χ1n) is 2.97. The zero-order valence-electron chi connectivity index (χ0n) is 5.97. The van der Waals surface area contributed by atoms with Crippen LogP contribution >= 0.6 is 11.8 Å². The van der Waals surface area contributed by atoms with Crippen LogP contribution in [0.1, 0.15) is 6.42 Å². The van der Waals surface area contributed by atoms with E-state index in [1.165, 1.54) is 0 Å². The van der Waals surface area contributed by atoms with E-state index in [2.05, 4.69) is 5.73 Å². The molecule has 0 fully saturated rings. The van der Waals surface area contributed by atoms with Crippen molar-refractivity contribution in [2.24, 2.45) is 5.73 Å². The molecule has 3 N–H and O–H groups in total. The van der Waals surface area contributed by atoms with Crippen molar-refractivity contribution in [3.05, 3.63) is 0 Å². The number of carboxylic acid groups (broad SMARTS) is 1. The molecule has 0 aliphatic carbocycles. The van der Waals surface area contributed by atoms with Crippen LogP contribution in [0, 0.1) is 0 Å². The van der Waals surface area contributed by atoms with Gasteiger partial charge in [0.05, 0.1) is 0 Å². The predicted molar refractivity (Wildman–Crippen MR) is 38.7 cm³/mol. The van der Waals surface area contributed by atoms with Crippen LogP contribution in [0.25, 0.3) is 0 Å². The van der Waals surface area contributed by atoms with Gasteiger partial charge in [0.2, 0.25) is 0 Å². The largest absolute Gasteiger partial charge is 0.478 e. The fourth-order valence-corrected chi connectivity index (χ4v) is 0.997. The van der Waals surface area contributed by atoms with Gasteiger partial charge >= 0.3 is 5.97 Å². The molecule has 0 aromatic heterocycles. The summed E-state index contributed by atoms with van der Waals surface area (Å²) in [6, 6.07) is 0. The van der Waals surface area contributed by atoms with Gasteiger partial charge in [-0.1, -0.05) is 11.8 Å². The summed E-state index contributed by atoms with van der Waals surface area (Å²) in [5.41, 5.74) is 4.62. The topological polar surface area (TPSA) is 63.3 Å². The molecule has 0 heterocycles. The van der Waals surface area contributed by atoms with Crippen molar-refractivity contribution in [1.82, 2.24) is 0 Å². The van der Waals surface area contributed by atoms with E-state index >= 15 is 0 Å². The van der Waals surface area contributed by atoms with Crippen LogP contribution in [0.15, 0.2) is 0 Å². The van der Waals surface area contributed by atoms with E-state index in [1.54, 1.807) is 0 Å². The minimum atomic E-state index is -2.90. The van der Waals surface area contributed by atoms with Crippen LogP contribution < -0.4 is 5.73 Å². The Morgan fingerprint density at radius 3 is 2.50 bits per heavy atom. The van der Waals surface area contributed by atoms with Crippen LogP contribution in [0.2, 0.25) is 0 Å². The Labute approximate surface area is 71.1 Å². The highest BCUT2D eigenvalue weighted by Gasteiger charge is 2.33. The summed E-state index contributed by atoms with van der Waals surface area (Å²) in [4.78, 5) is 10.00. The molecule has 0 rings (SSSR count). The molecule has 0 amide bonds. The number of hydrogen-bond donors (Lipinski definition) is 2. The number of halogens is 3. The van der Waals surface area contributed by atoms with Gasteiger partial charge in [-0.15, -0.1) is 0 Å². The summed E-state index contributed by atoms with van der Waals surface area (Å²) in [5.74, 6) is -7.69. The van der Waals surface area contributed by atoms with Gasteiger partial charge in [0.15, 0.2) is 0 Å². The standard InChI is InChI=1S/C5H8F3NO2S/c6-4(7)12-2-1-5(8,9)3(10)11/h4H,1-2,9H2,(H,10,11). The molecule has 72 valence electrons. The van der Waals surface area contributed by atoms with Crippen molar-refractivity contribution in [2.75, 3.05) is 5.75 Å². The third kappa shape index (κ3) is 4.45. The number of aliphatic carboxylic acids is 1. The molecular weight excluding hydrogens is 195 g/mol. The molecule has 7 heteroatoms. The van der Waals surface area contributed by atoms with Crippen molar-refractivity contribution < 1.29 is 23.1 Å². The number of hydrogen-bond acceptors (Lipinski definition) is 3. The molecular formula is C5H8F3NO2S. The third-order valence-corrected chi connectivity index (χ3v) is 1.76. The number of nitrogens with two attached hydrogens (primary N) is 1. The number of alkyl halides is 3. The fourth-order valence-electron chi connectivity index (χ4n) is 0.403. The predicted octanol–water partition coefficient (Wildman–Crippen LogP) is 1.04. The lowest BCUT2D eigenvalue weighted by molar-refractivity contribution is -0.150. The summed E-state index contributed by atoms with van der Waals surface area (Å²) in [7, 11) is 0. The third-order valence-electron chi connectivity index (χ3n) is 1.07. The average molecular weight is 203 g/mol. The van der Waals surface area contributed by atoms with Crippen LogP contribution in [-0.2, 0) is 4.79 Å². The molecule has 1 unspecified atom stereocenters. The SMILES string of the molecule is NC(F)(CCSC(F)F)C(=O)O.